The van der Waals surface area contributed by atoms with Gasteiger partial charge in [0, 0.05) is 37.7 Å². The average molecular weight is 517 g/mol. The fourth-order valence-corrected chi connectivity index (χ4v) is 5.90. The molecule has 0 bridgehead atoms. The van der Waals surface area contributed by atoms with Crippen LogP contribution in [0.2, 0.25) is 5.02 Å². The van der Waals surface area contributed by atoms with Crippen molar-refractivity contribution in [3.8, 4) is 0 Å². The van der Waals surface area contributed by atoms with Crippen molar-refractivity contribution in [2.24, 2.45) is 0 Å². The van der Waals surface area contributed by atoms with E-state index in [0.29, 0.717) is 28.7 Å². The summed E-state index contributed by atoms with van der Waals surface area (Å²) in [7, 11) is -3.82. The van der Waals surface area contributed by atoms with E-state index in [2.05, 4.69) is 38.9 Å². The number of aryl methyl sites for hydroxylation is 1. The summed E-state index contributed by atoms with van der Waals surface area (Å²) in [6.45, 7) is 5.32. The monoisotopic (exact) mass is 516 g/mol. The van der Waals surface area contributed by atoms with E-state index in [1.807, 2.05) is 18.2 Å². The fraction of sp³-hybridized carbons (Fsp3) is 0.250. The third-order valence-corrected chi connectivity index (χ3v) is 8.27. The van der Waals surface area contributed by atoms with Gasteiger partial charge in [-0.2, -0.15) is 0 Å². The van der Waals surface area contributed by atoms with Crippen LogP contribution in [0, 0.1) is 6.92 Å². The number of hydrogen-bond donors (Lipinski definition) is 1. The predicted molar refractivity (Wildman–Crippen MR) is 137 cm³/mol. The summed E-state index contributed by atoms with van der Waals surface area (Å²) in [5.41, 5.74) is 1.68. The van der Waals surface area contributed by atoms with Crippen LogP contribution in [-0.2, 0) is 10.0 Å². The minimum Gasteiger partial charge on any atom is -0.335 e. The lowest BCUT2D eigenvalue weighted by atomic mass is 10.2. The molecular formula is C24H25ClN4O3S2. The number of thiazole rings is 1. The number of aromatic nitrogens is 1. The Morgan fingerprint density at radius 3 is 2.44 bits per heavy atom. The number of benzene rings is 2. The molecule has 2 heterocycles. The van der Waals surface area contributed by atoms with Crippen LogP contribution in [-0.4, -0.2) is 61.8 Å². The first-order chi connectivity index (χ1) is 16.3. The third kappa shape index (κ3) is 6.04. The van der Waals surface area contributed by atoms with E-state index in [4.69, 9.17) is 11.6 Å². The molecule has 0 aliphatic carbocycles. The molecule has 1 fully saturated rings. The van der Waals surface area contributed by atoms with Gasteiger partial charge in [-0.3, -0.25) is 14.4 Å². The molecule has 1 amide bonds. The molecule has 1 aromatic heterocycles. The lowest BCUT2D eigenvalue weighted by molar-refractivity contribution is 0.0654. The maximum atomic E-state index is 13.1. The zero-order valence-corrected chi connectivity index (χ0v) is 21.0. The molecule has 1 saturated heterocycles. The Balaban J connectivity index is 1.34. The molecule has 178 valence electrons. The number of halogens is 1. The van der Waals surface area contributed by atoms with Crippen LogP contribution in [0.25, 0.3) is 6.08 Å². The van der Waals surface area contributed by atoms with Crippen LogP contribution >= 0.6 is 22.9 Å². The molecule has 10 heteroatoms. The molecule has 34 heavy (non-hydrogen) atoms. The first kappa shape index (κ1) is 24.4. The zero-order chi connectivity index (χ0) is 24.1. The van der Waals surface area contributed by atoms with E-state index in [1.165, 1.54) is 29.8 Å². The van der Waals surface area contributed by atoms with Crippen LogP contribution in [0.5, 0.6) is 0 Å². The summed E-state index contributed by atoms with van der Waals surface area (Å²) in [5.74, 6) is -0.119. The highest BCUT2D eigenvalue weighted by Crippen LogP contribution is 2.27. The number of carbonyl (C=O) groups excluding carboxylic acids is 1. The summed E-state index contributed by atoms with van der Waals surface area (Å²) < 4.78 is 27.7. The Labute approximate surface area is 208 Å². The lowest BCUT2D eigenvalue weighted by Gasteiger charge is -2.34. The van der Waals surface area contributed by atoms with Crippen molar-refractivity contribution in [3.63, 3.8) is 0 Å². The number of nitrogens with zero attached hydrogens (tertiary/aromatic N) is 3. The van der Waals surface area contributed by atoms with Crippen LogP contribution in [0.1, 0.15) is 20.9 Å². The quantitative estimate of drug-likeness (QED) is 0.504. The van der Waals surface area contributed by atoms with Gasteiger partial charge in [0.15, 0.2) is 5.13 Å². The van der Waals surface area contributed by atoms with Crippen LogP contribution in [0.3, 0.4) is 0 Å². The molecule has 0 atom stereocenters. The maximum absolute atomic E-state index is 13.1. The Morgan fingerprint density at radius 2 is 1.76 bits per heavy atom. The predicted octanol–water partition coefficient (Wildman–Crippen LogP) is 4.38. The number of nitrogens with one attached hydrogen (secondary N) is 1. The minimum atomic E-state index is -3.82. The zero-order valence-electron chi connectivity index (χ0n) is 18.6. The molecule has 0 spiro atoms. The number of piperazine rings is 1. The summed E-state index contributed by atoms with van der Waals surface area (Å²) >= 11 is 6.89. The van der Waals surface area contributed by atoms with E-state index in [1.54, 1.807) is 11.8 Å². The summed E-state index contributed by atoms with van der Waals surface area (Å²) in [5, 5.41) is 0.615. The van der Waals surface area contributed by atoms with Crippen LogP contribution < -0.4 is 4.72 Å². The van der Waals surface area contributed by atoms with E-state index in [-0.39, 0.29) is 15.9 Å². The second-order valence-corrected chi connectivity index (χ2v) is 11.0. The van der Waals surface area contributed by atoms with Gasteiger partial charge in [-0.25, -0.2) is 13.4 Å². The number of anilines is 1. The van der Waals surface area contributed by atoms with Gasteiger partial charge < -0.3 is 4.90 Å². The summed E-state index contributed by atoms with van der Waals surface area (Å²) in [6.07, 6.45) is 4.24. The van der Waals surface area contributed by atoms with Gasteiger partial charge in [0.2, 0.25) is 0 Å². The molecule has 1 aliphatic rings. The highest BCUT2D eigenvalue weighted by Gasteiger charge is 2.26. The molecule has 4 rings (SSSR count). The minimum absolute atomic E-state index is 0.0788. The fourth-order valence-electron chi connectivity index (χ4n) is 3.61. The van der Waals surface area contributed by atoms with Crippen molar-refractivity contribution < 1.29 is 13.2 Å². The number of sulfonamides is 1. The van der Waals surface area contributed by atoms with Crippen LogP contribution in [0.15, 0.2) is 65.6 Å². The first-order valence-corrected chi connectivity index (χ1v) is 13.5. The molecule has 0 radical (unpaired) electrons. The third-order valence-electron chi connectivity index (χ3n) is 5.47. The molecule has 7 nitrogen and oxygen atoms in total. The van der Waals surface area contributed by atoms with Gasteiger partial charge in [-0.1, -0.05) is 65.4 Å². The van der Waals surface area contributed by atoms with E-state index in [0.717, 1.165) is 31.0 Å². The SMILES string of the molecule is Cc1nc(NS(=O)(=O)c2ccc(Cl)cc2)sc1C(=O)N1CCN(CC=Cc2ccccc2)CC1. The number of hydrogen-bond acceptors (Lipinski definition) is 6. The van der Waals surface area contributed by atoms with Crippen molar-refractivity contribution in [3.05, 3.63) is 81.8 Å². The van der Waals surface area contributed by atoms with Gasteiger partial charge in [0.1, 0.15) is 4.88 Å². The second-order valence-electron chi connectivity index (χ2n) is 7.90. The Kier molecular flexibility index (Phi) is 7.67. The molecule has 1 aliphatic heterocycles. The van der Waals surface area contributed by atoms with Crippen molar-refractivity contribution in [1.29, 1.82) is 0 Å². The Bertz CT molecular complexity index is 1270. The molecule has 0 saturated carbocycles. The number of amides is 1. The smallest absolute Gasteiger partial charge is 0.266 e. The Morgan fingerprint density at radius 1 is 1.09 bits per heavy atom. The number of carbonyl (C=O) groups is 1. The van der Waals surface area contributed by atoms with Crippen LogP contribution in [0.4, 0.5) is 5.13 Å². The van der Waals surface area contributed by atoms with Gasteiger partial charge in [0.25, 0.3) is 15.9 Å². The van der Waals surface area contributed by atoms with Crippen molar-refractivity contribution >= 4 is 50.1 Å². The summed E-state index contributed by atoms with van der Waals surface area (Å²) in [6, 6.07) is 16.0. The first-order valence-electron chi connectivity index (χ1n) is 10.8. The topological polar surface area (TPSA) is 82.6 Å². The van der Waals surface area contributed by atoms with E-state index in [9.17, 15) is 13.2 Å². The van der Waals surface area contributed by atoms with Gasteiger partial charge in [0.05, 0.1) is 10.6 Å². The molecule has 0 unspecified atom stereocenters. The Hall–Kier alpha value is -2.72. The van der Waals surface area contributed by atoms with Gasteiger partial charge in [-0.15, -0.1) is 0 Å². The van der Waals surface area contributed by atoms with E-state index < -0.39 is 10.0 Å². The van der Waals surface area contributed by atoms with Gasteiger partial charge >= 0.3 is 0 Å². The largest absolute Gasteiger partial charge is 0.335 e. The van der Waals surface area contributed by atoms with E-state index >= 15 is 0 Å². The highest BCUT2D eigenvalue weighted by atomic mass is 35.5. The van der Waals surface area contributed by atoms with Crippen molar-refractivity contribution in [1.82, 2.24) is 14.8 Å². The molecule has 1 N–H and O–H groups in total. The van der Waals surface area contributed by atoms with Crippen molar-refractivity contribution in [2.45, 2.75) is 11.8 Å². The maximum Gasteiger partial charge on any atom is 0.266 e. The number of rotatable bonds is 7. The van der Waals surface area contributed by atoms with Crippen molar-refractivity contribution in [2.75, 3.05) is 37.4 Å². The molecule has 3 aromatic rings. The average Bonchev–Trinajstić information content (AvgIpc) is 3.19. The lowest BCUT2D eigenvalue weighted by Crippen LogP contribution is -2.48. The van der Waals surface area contributed by atoms with Gasteiger partial charge in [-0.05, 0) is 36.8 Å². The second kappa shape index (κ2) is 10.7. The molecule has 2 aromatic carbocycles. The summed E-state index contributed by atoms with van der Waals surface area (Å²) in [4.78, 5) is 22.0. The normalized spacial score (nSPS) is 15.1. The molecular weight excluding hydrogens is 492 g/mol. The highest BCUT2D eigenvalue weighted by molar-refractivity contribution is 7.93. The standard InChI is InChI=1S/C24H25ClN4O3S2/c1-18-22(33-24(26-18)27-34(31,32)21-11-9-20(25)10-12-21)23(30)29-16-14-28(15-17-29)13-5-8-19-6-3-2-4-7-19/h2-12H,13-17H2,1H3,(H,26,27).